The highest BCUT2D eigenvalue weighted by Gasteiger charge is 2.02. The van der Waals surface area contributed by atoms with Crippen molar-refractivity contribution in [2.45, 2.75) is 19.9 Å². The molecule has 0 unspecified atom stereocenters. The number of rotatable bonds is 7. The van der Waals surface area contributed by atoms with Crippen LogP contribution in [-0.4, -0.2) is 19.6 Å². The summed E-state index contributed by atoms with van der Waals surface area (Å²) < 4.78 is 10.4. The van der Waals surface area contributed by atoms with E-state index in [4.69, 9.17) is 9.15 Å². The van der Waals surface area contributed by atoms with Gasteiger partial charge in [0.1, 0.15) is 18.1 Å². The molecule has 1 amide bonds. The molecule has 0 saturated carbocycles. The molecule has 112 valence electrons. The first-order valence-corrected chi connectivity index (χ1v) is 6.91. The zero-order chi connectivity index (χ0) is 15.1. The lowest BCUT2D eigenvalue weighted by Gasteiger charge is -2.07. The molecule has 1 heterocycles. The van der Waals surface area contributed by atoms with E-state index in [-0.39, 0.29) is 12.5 Å². The minimum atomic E-state index is -0.166. The van der Waals surface area contributed by atoms with E-state index in [1.54, 1.807) is 0 Å². The first-order chi connectivity index (χ1) is 10.2. The number of ether oxygens (including phenoxy) is 1. The lowest BCUT2D eigenvalue weighted by molar-refractivity contribution is -0.119. The molecule has 0 fully saturated rings. The van der Waals surface area contributed by atoms with E-state index in [1.165, 1.54) is 7.11 Å². The van der Waals surface area contributed by atoms with Gasteiger partial charge in [-0.25, -0.2) is 0 Å². The van der Waals surface area contributed by atoms with Crippen LogP contribution in [0.15, 0.2) is 40.8 Å². The maximum absolute atomic E-state index is 11.4. The first kappa shape index (κ1) is 15.1. The van der Waals surface area contributed by atoms with Gasteiger partial charge in [-0.1, -0.05) is 6.92 Å². The Kier molecular flexibility index (Phi) is 5.40. The number of hydrogen-bond donors (Lipinski definition) is 2. The van der Waals surface area contributed by atoms with Crippen LogP contribution in [0.4, 0.5) is 11.4 Å². The Balaban J connectivity index is 1.85. The summed E-state index contributed by atoms with van der Waals surface area (Å²) in [5.41, 5.74) is 1.71. The highest BCUT2D eigenvalue weighted by molar-refractivity contribution is 5.91. The molecule has 0 saturated heterocycles. The second kappa shape index (κ2) is 7.50. The topological polar surface area (TPSA) is 63.5 Å². The standard InChI is InChI=1S/C16H20N2O3/c1-3-14-8-9-15(21-14)10-17-12-4-6-13(7-5-12)18-16(19)11-20-2/h4-9,17H,3,10-11H2,1-2H3,(H,18,19). The third-order valence-electron chi connectivity index (χ3n) is 2.98. The van der Waals surface area contributed by atoms with Crippen LogP contribution in [0.25, 0.3) is 0 Å². The van der Waals surface area contributed by atoms with Crippen LogP contribution in [0.2, 0.25) is 0 Å². The Morgan fingerprint density at radius 3 is 2.38 bits per heavy atom. The summed E-state index contributed by atoms with van der Waals surface area (Å²) in [6.07, 6.45) is 0.899. The molecule has 21 heavy (non-hydrogen) atoms. The molecule has 0 aliphatic rings. The van der Waals surface area contributed by atoms with E-state index in [9.17, 15) is 4.79 Å². The smallest absolute Gasteiger partial charge is 0.250 e. The summed E-state index contributed by atoms with van der Waals surface area (Å²) in [6.45, 7) is 2.75. The molecule has 2 rings (SSSR count). The Bertz CT molecular complexity index is 575. The largest absolute Gasteiger partial charge is 0.464 e. The molecule has 1 aromatic heterocycles. The minimum absolute atomic E-state index is 0.0538. The van der Waals surface area contributed by atoms with Gasteiger partial charge in [0.05, 0.1) is 6.54 Å². The number of carbonyl (C=O) groups is 1. The number of carbonyl (C=O) groups excluding carboxylic acids is 1. The number of hydrogen-bond acceptors (Lipinski definition) is 4. The zero-order valence-corrected chi connectivity index (χ0v) is 12.3. The van der Waals surface area contributed by atoms with Gasteiger partial charge in [-0.05, 0) is 36.4 Å². The number of benzene rings is 1. The summed E-state index contributed by atoms with van der Waals surface area (Å²) in [6, 6.07) is 11.5. The van der Waals surface area contributed by atoms with Crippen molar-refractivity contribution < 1.29 is 13.9 Å². The van der Waals surface area contributed by atoms with E-state index in [0.717, 1.165) is 29.3 Å². The van der Waals surface area contributed by atoms with Crippen molar-refractivity contribution in [3.63, 3.8) is 0 Å². The number of methoxy groups -OCH3 is 1. The van der Waals surface area contributed by atoms with Crippen LogP contribution in [0.5, 0.6) is 0 Å². The third-order valence-corrected chi connectivity index (χ3v) is 2.98. The predicted octanol–water partition coefficient (Wildman–Crippen LogP) is 3.04. The lowest BCUT2D eigenvalue weighted by atomic mass is 10.2. The van der Waals surface area contributed by atoms with Gasteiger partial charge in [0.2, 0.25) is 5.91 Å². The van der Waals surface area contributed by atoms with E-state index in [2.05, 4.69) is 17.6 Å². The normalized spacial score (nSPS) is 10.4. The average Bonchev–Trinajstić information content (AvgIpc) is 2.95. The van der Waals surface area contributed by atoms with Gasteiger partial charge in [-0.3, -0.25) is 4.79 Å². The van der Waals surface area contributed by atoms with Gasteiger partial charge >= 0.3 is 0 Å². The quantitative estimate of drug-likeness (QED) is 0.822. The van der Waals surface area contributed by atoms with Crippen LogP contribution in [0.1, 0.15) is 18.4 Å². The first-order valence-electron chi connectivity index (χ1n) is 6.91. The van der Waals surface area contributed by atoms with Crippen molar-refractivity contribution in [3.05, 3.63) is 47.9 Å². The number of furan rings is 1. The SMILES string of the molecule is CCc1ccc(CNc2ccc(NC(=O)COC)cc2)o1. The molecule has 0 aliphatic heterocycles. The van der Waals surface area contributed by atoms with E-state index < -0.39 is 0 Å². The Hall–Kier alpha value is -2.27. The zero-order valence-electron chi connectivity index (χ0n) is 12.3. The van der Waals surface area contributed by atoms with E-state index >= 15 is 0 Å². The van der Waals surface area contributed by atoms with Crippen LogP contribution >= 0.6 is 0 Å². The molecule has 5 nitrogen and oxygen atoms in total. The highest BCUT2D eigenvalue weighted by Crippen LogP contribution is 2.15. The summed E-state index contributed by atoms with van der Waals surface area (Å²) in [7, 11) is 1.49. The maximum atomic E-state index is 11.4. The molecule has 0 bridgehead atoms. The second-order valence-corrected chi connectivity index (χ2v) is 4.63. The van der Waals surface area contributed by atoms with Gasteiger partial charge < -0.3 is 19.8 Å². The number of anilines is 2. The van der Waals surface area contributed by atoms with Crippen molar-refractivity contribution in [1.29, 1.82) is 0 Å². The van der Waals surface area contributed by atoms with Gasteiger partial charge in [-0.15, -0.1) is 0 Å². The maximum Gasteiger partial charge on any atom is 0.250 e. The van der Waals surface area contributed by atoms with Gasteiger partial charge in [0, 0.05) is 24.9 Å². The van der Waals surface area contributed by atoms with Crippen molar-refractivity contribution in [2.24, 2.45) is 0 Å². The predicted molar refractivity (Wildman–Crippen MR) is 82.4 cm³/mol. The number of amides is 1. The number of aryl methyl sites for hydroxylation is 1. The average molecular weight is 288 g/mol. The lowest BCUT2D eigenvalue weighted by Crippen LogP contribution is -2.16. The molecule has 2 aromatic rings. The molecule has 0 aliphatic carbocycles. The summed E-state index contributed by atoms with van der Waals surface area (Å²) in [5.74, 6) is 1.73. The van der Waals surface area contributed by atoms with Gasteiger partial charge in [0.15, 0.2) is 0 Å². The Labute approximate surface area is 124 Å². The molecular weight excluding hydrogens is 268 g/mol. The summed E-state index contributed by atoms with van der Waals surface area (Å²) in [4.78, 5) is 11.4. The Morgan fingerprint density at radius 2 is 1.76 bits per heavy atom. The van der Waals surface area contributed by atoms with Crippen molar-refractivity contribution >= 4 is 17.3 Å². The minimum Gasteiger partial charge on any atom is -0.464 e. The van der Waals surface area contributed by atoms with E-state index in [0.29, 0.717) is 6.54 Å². The van der Waals surface area contributed by atoms with Gasteiger partial charge in [0.25, 0.3) is 0 Å². The molecule has 2 N–H and O–H groups in total. The molecule has 0 atom stereocenters. The summed E-state index contributed by atoms with van der Waals surface area (Å²) in [5, 5.41) is 6.02. The van der Waals surface area contributed by atoms with Crippen LogP contribution in [-0.2, 0) is 22.5 Å². The Morgan fingerprint density at radius 1 is 1.10 bits per heavy atom. The molecular formula is C16H20N2O3. The van der Waals surface area contributed by atoms with Crippen molar-refractivity contribution in [1.82, 2.24) is 0 Å². The van der Waals surface area contributed by atoms with Crippen molar-refractivity contribution in [2.75, 3.05) is 24.4 Å². The fraction of sp³-hybridized carbons (Fsp3) is 0.312. The summed E-state index contributed by atoms with van der Waals surface area (Å²) >= 11 is 0. The molecule has 5 heteroatoms. The highest BCUT2D eigenvalue weighted by atomic mass is 16.5. The number of nitrogens with one attached hydrogen (secondary N) is 2. The van der Waals surface area contributed by atoms with E-state index in [1.807, 2.05) is 36.4 Å². The van der Waals surface area contributed by atoms with Crippen LogP contribution in [0, 0.1) is 0 Å². The van der Waals surface area contributed by atoms with Crippen LogP contribution in [0.3, 0.4) is 0 Å². The van der Waals surface area contributed by atoms with Gasteiger partial charge in [-0.2, -0.15) is 0 Å². The second-order valence-electron chi connectivity index (χ2n) is 4.63. The third kappa shape index (κ3) is 4.65. The van der Waals surface area contributed by atoms with Crippen molar-refractivity contribution in [3.8, 4) is 0 Å². The molecule has 0 spiro atoms. The fourth-order valence-electron chi connectivity index (χ4n) is 1.90. The monoisotopic (exact) mass is 288 g/mol. The fourth-order valence-corrected chi connectivity index (χ4v) is 1.90. The van der Waals surface area contributed by atoms with Crippen LogP contribution < -0.4 is 10.6 Å². The molecule has 0 radical (unpaired) electrons. The molecule has 1 aromatic carbocycles.